The van der Waals surface area contributed by atoms with E-state index >= 15 is 0 Å². The van der Waals surface area contributed by atoms with E-state index in [9.17, 15) is 4.79 Å². The molecule has 2 rings (SSSR count). The van der Waals surface area contributed by atoms with Gasteiger partial charge in [-0.1, -0.05) is 0 Å². The lowest BCUT2D eigenvalue weighted by Gasteiger charge is -2.23. The molecule has 1 heterocycles. The van der Waals surface area contributed by atoms with E-state index in [-0.39, 0.29) is 18.7 Å². The predicted octanol–water partition coefficient (Wildman–Crippen LogP) is 2.55. The van der Waals surface area contributed by atoms with Gasteiger partial charge in [-0.15, -0.1) is 0 Å². The maximum absolute atomic E-state index is 12.9. The maximum atomic E-state index is 12.9. The summed E-state index contributed by atoms with van der Waals surface area (Å²) in [6.07, 6.45) is 2.91. The van der Waals surface area contributed by atoms with Gasteiger partial charge in [-0.25, -0.2) is 14.7 Å². The Morgan fingerprint density at radius 3 is 2.62 bits per heavy atom. The van der Waals surface area contributed by atoms with Crippen molar-refractivity contribution in [1.29, 1.82) is 0 Å². The fourth-order valence-electron chi connectivity index (χ4n) is 2.65. The predicted molar refractivity (Wildman–Crippen MR) is 112 cm³/mol. The van der Waals surface area contributed by atoms with E-state index < -0.39 is 0 Å². The van der Waals surface area contributed by atoms with Gasteiger partial charge in [-0.2, -0.15) is 4.98 Å². The monoisotopic (exact) mass is 403 g/mol. The van der Waals surface area contributed by atoms with Crippen molar-refractivity contribution in [1.82, 2.24) is 15.3 Å². The molecule has 9 heteroatoms. The zero-order valence-corrected chi connectivity index (χ0v) is 17.1. The number of rotatable bonds is 11. The van der Waals surface area contributed by atoms with Crippen LogP contribution in [-0.4, -0.2) is 61.1 Å². The van der Waals surface area contributed by atoms with Crippen LogP contribution in [0.4, 0.5) is 22.2 Å². The summed E-state index contributed by atoms with van der Waals surface area (Å²) >= 11 is 0. The standard InChI is InChI=1S/C20H29N5O4/c1-15(14-28-2)23-19-21-12-10-18(24-19)25(20(27)22-11-4-5-13-26)16-6-8-17(29-3)9-7-16/h6-10,12,15,26H,4-5,11,13-14H2,1-3H3,(H,22,27)(H,21,23,24). The highest BCUT2D eigenvalue weighted by Crippen LogP contribution is 2.26. The minimum atomic E-state index is -0.317. The van der Waals surface area contributed by atoms with Crippen LogP contribution in [0.2, 0.25) is 0 Å². The number of ether oxygens (including phenoxy) is 2. The Morgan fingerprint density at radius 2 is 1.97 bits per heavy atom. The molecule has 158 valence electrons. The molecule has 0 radical (unpaired) electrons. The van der Waals surface area contributed by atoms with Crippen molar-refractivity contribution in [3.8, 4) is 5.75 Å². The second-order valence-electron chi connectivity index (χ2n) is 6.44. The molecular weight excluding hydrogens is 374 g/mol. The number of benzene rings is 1. The Balaban J connectivity index is 2.27. The summed E-state index contributed by atoms with van der Waals surface area (Å²) in [5, 5.41) is 14.9. The molecular formula is C20H29N5O4. The van der Waals surface area contributed by atoms with Crippen molar-refractivity contribution in [2.24, 2.45) is 0 Å². The van der Waals surface area contributed by atoms with E-state index in [1.807, 2.05) is 6.92 Å². The Kier molecular flexibility index (Phi) is 9.13. The molecule has 1 aromatic heterocycles. The van der Waals surface area contributed by atoms with Gasteiger partial charge in [0.05, 0.1) is 19.4 Å². The summed E-state index contributed by atoms with van der Waals surface area (Å²) in [6, 6.07) is 8.50. The first-order valence-corrected chi connectivity index (χ1v) is 9.50. The van der Waals surface area contributed by atoms with Gasteiger partial charge in [-0.3, -0.25) is 0 Å². The van der Waals surface area contributed by atoms with E-state index in [0.29, 0.717) is 49.2 Å². The molecule has 0 bridgehead atoms. The summed E-state index contributed by atoms with van der Waals surface area (Å²) in [5.41, 5.74) is 0.639. The van der Waals surface area contributed by atoms with Crippen LogP contribution in [0, 0.1) is 0 Å². The number of hydrogen-bond donors (Lipinski definition) is 3. The molecule has 0 spiro atoms. The minimum absolute atomic E-state index is 0.0111. The Hall–Kier alpha value is -2.91. The molecule has 0 aliphatic rings. The molecule has 0 saturated heterocycles. The first kappa shape index (κ1) is 22.4. The molecule has 9 nitrogen and oxygen atoms in total. The molecule has 29 heavy (non-hydrogen) atoms. The lowest BCUT2D eigenvalue weighted by atomic mass is 10.2. The van der Waals surface area contributed by atoms with E-state index in [1.54, 1.807) is 50.7 Å². The summed E-state index contributed by atoms with van der Waals surface area (Å²) in [4.78, 5) is 23.1. The molecule has 0 fully saturated rings. The van der Waals surface area contributed by atoms with Gasteiger partial charge in [0.1, 0.15) is 11.6 Å². The van der Waals surface area contributed by atoms with Crippen molar-refractivity contribution in [2.45, 2.75) is 25.8 Å². The third-order valence-electron chi connectivity index (χ3n) is 4.06. The number of nitrogens with zero attached hydrogens (tertiary/aromatic N) is 3. The van der Waals surface area contributed by atoms with Gasteiger partial charge in [0.15, 0.2) is 0 Å². The number of hydrogen-bond acceptors (Lipinski definition) is 7. The number of aliphatic hydroxyl groups is 1. The summed E-state index contributed by atoms with van der Waals surface area (Å²) in [6.45, 7) is 3.00. The van der Waals surface area contributed by atoms with Gasteiger partial charge >= 0.3 is 6.03 Å². The van der Waals surface area contributed by atoms with E-state index in [2.05, 4.69) is 20.6 Å². The van der Waals surface area contributed by atoms with E-state index in [4.69, 9.17) is 14.6 Å². The SMILES string of the molecule is COCC(C)Nc1nccc(N(C(=O)NCCCCO)c2ccc(OC)cc2)n1. The highest BCUT2D eigenvalue weighted by atomic mass is 16.5. The summed E-state index contributed by atoms with van der Waals surface area (Å²) < 4.78 is 10.3. The third-order valence-corrected chi connectivity index (χ3v) is 4.06. The first-order chi connectivity index (χ1) is 14.1. The molecule has 0 saturated carbocycles. The smallest absolute Gasteiger partial charge is 0.327 e. The fourth-order valence-corrected chi connectivity index (χ4v) is 2.65. The van der Waals surface area contributed by atoms with Crippen molar-refractivity contribution in [3.63, 3.8) is 0 Å². The average Bonchev–Trinajstić information content (AvgIpc) is 2.72. The number of aromatic nitrogens is 2. The molecule has 1 unspecified atom stereocenters. The minimum Gasteiger partial charge on any atom is -0.497 e. The van der Waals surface area contributed by atoms with Crippen LogP contribution in [0.3, 0.4) is 0 Å². The second-order valence-corrected chi connectivity index (χ2v) is 6.44. The zero-order valence-electron chi connectivity index (χ0n) is 17.1. The molecule has 0 aliphatic heterocycles. The fraction of sp³-hybridized carbons (Fsp3) is 0.450. The molecule has 2 amide bonds. The lowest BCUT2D eigenvalue weighted by molar-refractivity contribution is 0.190. The quantitative estimate of drug-likeness (QED) is 0.495. The molecule has 3 N–H and O–H groups in total. The van der Waals surface area contributed by atoms with Crippen LogP contribution < -0.4 is 20.3 Å². The number of anilines is 3. The molecule has 0 aliphatic carbocycles. The summed E-state index contributed by atoms with van der Waals surface area (Å²) in [5.74, 6) is 1.52. The normalized spacial score (nSPS) is 11.6. The van der Waals surface area contributed by atoms with Crippen LogP contribution in [0.25, 0.3) is 0 Å². The molecule has 2 aromatic rings. The number of methoxy groups -OCH3 is 2. The highest BCUT2D eigenvalue weighted by molar-refractivity contribution is 5.98. The molecule has 1 aromatic carbocycles. The van der Waals surface area contributed by atoms with Crippen molar-refractivity contribution in [3.05, 3.63) is 36.5 Å². The van der Waals surface area contributed by atoms with Crippen LogP contribution in [0.15, 0.2) is 36.5 Å². The van der Waals surface area contributed by atoms with E-state index in [1.165, 1.54) is 4.90 Å². The Morgan fingerprint density at radius 1 is 1.21 bits per heavy atom. The van der Waals surface area contributed by atoms with Gasteiger partial charge in [0.2, 0.25) is 5.95 Å². The topological polar surface area (TPSA) is 109 Å². The lowest BCUT2D eigenvalue weighted by Crippen LogP contribution is -2.38. The van der Waals surface area contributed by atoms with Crippen molar-refractivity contribution in [2.75, 3.05) is 44.2 Å². The average molecular weight is 403 g/mol. The molecule has 1 atom stereocenters. The Bertz CT molecular complexity index is 757. The number of carbonyl (C=O) groups excluding carboxylic acids is 1. The number of carbonyl (C=O) groups is 1. The first-order valence-electron chi connectivity index (χ1n) is 9.50. The zero-order chi connectivity index (χ0) is 21.1. The van der Waals surface area contributed by atoms with Crippen LogP contribution in [0.1, 0.15) is 19.8 Å². The van der Waals surface area contributed by atoms with Crippen LogP contribution in [-0.2, 0) is 4.74 Å². The number of amides is 2. The number of unbranched alkanes of at least 4 members (excludes halogenated alkanes) is 1. The van der Waals surface area contributed by atoms with Gasteiger partial charge in [0.25, 0.3) is 0 Å². The van der Waals surface area contributed by atoms with Gasteiger partial charge in [-0.05, 0) is 44.0 Å². The van der Waals surface area contributed by atoms with Crippen molar-refractivity contribution < 1.29 is 19.4 Å². The van der Waals surface area contributed by atoms with Crippen molar-refractivity contribution >= 4 is 23.5 Å². The number of nitrogens with one attached hydrogen (secondary N) is 2. The van der Waals surface area contributed by atoms with Crippen LogP contribution >= 0.6 is 0 Å². The Labute approximate surface area is 171 Å². The highest BCUT2D eigenvalue weighted by Gasteiger charge is 2.20. The maximum Gasteiger partial charge on any atom is 0.327 e. The number of aliphatic hydroxyl groups excluding tert-OH is 1. The van der Waals surface area contributed by atoms with Gasteiger partial charge in [0, 0.05) is 38.6 Å². The second kappa shape index (κ2) is 11.8. The summed E-state index contributed by atoms with van der Waals surface area (Å²) in [7, 11) is 3.21. The third kappa shape index (κ3) is 6.88. The van der Waals surface area contributed by atoms with Gasteiger partial charge < -0.3 is 25.2 Å². The largest absolute Gasteiger partial charge is 0.497 e. The number of urea groups is 1. The van der Waals surface area contributed by atoms with Crippen LogP contribution in [0.5, 0.6) is 5.75 Å². The van der Waals surface area contributed by atoms with E-state index in [0.717, 1.165) is 0 Å².